The van der Waals surface area contributed by atoms with Crippen LogP contribution in [0.2, 0.25) is 0 Å². The lowest BCUT2D eigenvalue weighted by Crippen LogP contribution is -2.16. The first-order valence-corrected chi connectivity index (χ1v) is 8.15. The van der Waals surface area contributed by atoms with E-state index < -0.39 is 0 Å². The first kappa shape index (κ1) is 15.3. The number of anilines is 1. The van der Waals surface area contributed by atoms with Crippen LogP contribution in [0.1, 0.15) is 39.0 Å². The molecule has 1 aliphatic rings. The Morgan fingerprint density at radius 3 is 2.73 bits per heavy atom. The molecule has 1 aliphatic heterocycles. The number of rotatable bonds is 2. The van der Waals surface area contributed by atoms with E-state index in [4.69, 9.17) is 10.5 Å². The van der Waals surface area contributed by atoms with E-state index in [1.54, 1.807) is 0 Å². The maximum Gasteiger partial charge on any atom is 0.149 e. The second-order valence-corrected chi connectivity index (χ2v) is 6.55. The van der Waals surface area contributed by atoms with Gasteiger partial charge in [0.15, 0.2) is 0 Å². The molecule has 22 heavy (non-hydrogen) atoms. The van der Waals surface area contributed by atoms with Gasteiger partial charge in [-0.2, -0.15) is 5.26 Å². The average molecular weight is 364 g/mol. The van der Waals surface area contributed by atoms with E-state index in [9.17, 15) is 5.26 Å². The van der Waals surface area contributed by atoms with Crippen molar-refractivity contribution in [3.05, 3.63) is 16.5 Å². The summed E-state index contributed by atoms with van der Waals surface area (Å²) in [6.07, 6.45) is 2.41. The molecule has 0 spiro atoms. The highest BCUT2D eigenvalue weighted by molar-refractivity contribution is 9.10. The van der Waals surface area contributed by atoms with E-state index in [0.717, 1.165) is 6.42 Å². The summed E-state index contributed by atoms with van der Waals surface area (Å²) >= 11 is 3.53. The molecule has 0 aliphatic carbocycles. The van der Waals surface area contributed by atoms with Crippen molar-refractivity contribution in [2.45, 2.75) is 39.5 Å². The number of hydrogen-bond donors (Lipinski definition) is 1. The van der Waals surface area contributed by atoms with Gasteiger partial charge in [-0.25, -0.2) is 9.97 Å². The van der Waals surface area contributed by atoms with E-state index >= 15 is 0 Å². The number of nitrogen functional groups attached to an aromatic ring is 1. The minimum Gasteiger partial charge on any atom is -0.383 e. The van der Waals surface area contributed by atoms with E-state index in [2.05, 4.69) is 52.7 Å². The largest absolute Gasteiger partial charge is 0.383 e. The summed E-state index contributed by atoms with van der Waals surface area (Å²) in [4.78, 5) is 8.34. The Kier molecular flexibility index (Phi) is 3.83. The SMILES string of the molecule is CCC1OC(n2c(Br)c(C#N)c3c(N)ncnc32)C(C)C1C. The van der Waals surface area contributed by atoms with E-state index in [-0.39, 0.29) is 12.3 Å². The Bertz CT molecular complexity index is 765. The van der Waals surface area contributed by atoms with Crippen molar-refractivity contribution in [2.24, 2.45) is 11.8 Å². The van der Waals surface area contributed by atoms with Crippen molar-refractivity contribution in [3.63, 3.8) is 0 Å². The minimum atomic E-state index is -0.173. The molecule has 0 bridgehead atoms. The van der Waals surface area contributed by atoms with Crippen molar-refractivity contribution in [1.82, 2.24) is 14.5 Å². The monoisotopic (exact) mass is 363 g/mol. The van der Waals surface area contributed by atoms with Crippen LogP contribution in [0.15, 0.2) is 10.9 Å². The molecule has 6 nitrogen and oxygen atoms in total. The van der Waals surface area contributed by atoms with Crippen molar-refractivity contribution in [1.29, 1.82) is 5.26 Å². The number of hydrogen-bond acceptors (Lipinski definition) is 5. The molecule has 116 valence electrons. The third kappa shape index (κ3) is 2.02. The number of ether oxygens (including phenoxy) is 1. The molecule has 0 aromatic carbocycles. The zero-order chi connectivity index (χ0) is 16.0. The normalized spacial score (nSPS) is 28.1. The number of nitrogens with two attached hydrogens (primary N) is 1. The van der Waals surface area contributed by atoms with Crippen molar-refractivity contribution < 1.29 is 4.74 Å². The van der Waals surface area contributed by atoms with E-state index in [0.29, 0.717) is 38.9 Å². The molecule has 1 saturated heterocycles. The highest BCUT2D eigenvalue weighted by Crippen LogP contribution is 2.44. The van der Waals surface area contributed by atoms with Crippen molar-refractivity contribution >= 4 is 32.8 Å². The number of nitriles is 1. The van der Waals surface area contributed by atoms with Gasteiger partial charge in [-0.15, -0.1) is 0 Å². The van der Waals surface area contributed by atoms with E-state index in [1.165, 1.54) is 6.33 Å². The van der Waals surface area contributed by atoms with Gasteiger partial charge in [-0.3, -0.25) is 4.57 Å². The molecule has 1 fully saturated rings. The fraction of sp³-hybridized carbons (Fsp3) is 0.533. The van der Waals surface area contributed by atoms with Gasteiger partial charge in [-0.1, -0.05) is 20.8 Å². The van der Waals surface area contributed by atoms with Crippen LogP contribution in [0.5, 0.6) is 0 Å². The van der Waals surface area contributed by atoms with Gasteiger partial charge in [0.2, 0.25) is 0 Å². The van der Waals surface area contributed by atoms with Crippen LogP contribution in [-0.4, -0.2) is 20.6 Å². The van der Waals surface area contributed by atoms with Gasteiger partial charge < -0.3 is 10.5 Å². The standard InChI is InChI=1S/C15H18BrN5O/c1-4-10-7(2)8(3)15(22-10)21-12(16)9(5-17)11-13(18)19-6-20-14(11)21/h6-8,10,15H,4H2,1-3H3,(H2,18,19,20). The highest BCUT2D eigenvalue weighted by Gasteiger charge is 2.41. The second kappa shape index (κ2) is 5.52. The second-order valence-electron chi connectivity index (χ2n) is 5.80. The van der Waals surface area contributed by atoms with Crippen LogP contribution in [-0.2, 0) is 4.74 Å². The minimum absolute atomic E-state index is 0.173. The summed E-state index contributed by atoms with van der Waals surface area (Å²) < 4.78 is 8.81. The number of fused-ring (bicyclic) bond motifs is 1. The van der Waals surface area contributed by atoms with Crippen LogP contribution >= 0.6 is 15.9 Å². The lowest BCUT2D eigenvalue weighted by atomic mass is 9.91. The lowest BCUT2D eigenvalue weighted by molar-refractivity contribution is -0.0128. The van der Waals surface area contributed by atoms with Crippen LogP contribution in [0.25, 0.3) is 11.0 Å². The first-order valence-electron chi connectivity index (χ1n) is 7.36. The molecule has 0 saturated carbocycles. The fourth-order valence-corrected chi connectivity index (χ4v) is 3.91. The number of halogens is 1. The predicted molar refractivity (Wildman–Crippen MR) is 86.9 cm³/mol. The summed E-state index contributed by atoms with van der Waals surface area (Å²) in [5.41, 5.74) is 7.04. The molecule has 3 rings (SSSR count). The molecule has 3 heterocycles. The lowest BCUT2D eigenvalue weighted by Gasteiger charge is -2.20. The van der Waals surface area contributed by atoms with Gasteiger partial charge in [0, 0.05) is 5.92 Å². The van der Waals surface area contributed by atoms with Crippen molar-refractivity contribution in [3.8, 4) is 6.07 Å². The topological polar surface area (TPSA) is 89.8 Å². The van der Waals surface area contributed by atoms with Crippen LogP contribution < -0.4 is 5.73 Å². The van der Waals surface area contributed by atoms with Crippen LogP contribution in [0.4, 0.5) is 5.82 Å². The Balaban J connectivity index is 2.23. The molecule has 2 N–H and O–H groups in total. The Morgan fingerprint density at radius 1 is 1.41 bits per heavy atom. The highest BCUT2D eigenvalue weighted by atomic mass is 79.9. The summed E-state index contributed by atoms with van der Waals surface area (Å²) in [5.74, 6) is 1.05. The molecule has 0 amide bonds. The molecule has 7 heteroatoms. The van der Waals surface area contributed by atoms with Crippen LogP contribution in [0.3, 0.4) is 0 Å². The molecule has 2 aromatic heterocycles. The quantitative estimate of drug-likeness (QED) is 0.884. The molecule has 4 unspecified atom stereocenters. The summed E-state index contributed by atoms with van der Waals surface area (Å²) in [7, 11) is 0. The third-order valence-corrected chi connectivity index (χ3v) is 5.48. The smallest absolute Gasteiger partial charge is 0.149 e. The summed E-state index contributed by atoms with van der Waals surface area (Å²) in [6.45, 7) is 6.49. The Hall–Kier alpha value is -1.65. The van der Waals surface area contributed by atoms with E-state index in [1.807, 2.05) is 4.57 Å². The van der Waals surface area contributed by atoms with Gasteiger partial charge in [0.1, 0.15) is 34.7 Å². The maximum atomic E-state index is 9.47. The van der Waals surface area contributed by atoms with Gasteiger partial charge in [0.25, 0.3) is 0 Å². The zero-order valence-corrected chi connectivity index (χ0v) is 14.3. The number of nitrogens with zero attached hydrogens (tertiary/aromatic N) is 4. The fourth-order valence-electron chi connectivity index (χ4n) is 3.25. The molecule has 4 atom stereocenters. The zero-order valence-electron chi connectivity index (χ0n) is 12.7. The van der Waals surface area contributed by atoms with Crippen molar-refractivity contribution in [2.75, 3.05) is 5.73 Å². The summed E-state index contributed by atoms with van der Waals surface area (Å²) in [5, 5.41) is 10.1. The van der Waals surface area contributed by atoms with Crippen LogP contribution in [0, 0.1) is 23.2 Å². The molecule has 0 radical (unpaired) electrons. The average Bonchev–Trinajstić information content (AvgIpc) is 2.95. The van der Waals surface area contributed by atoms with Gasteiger partial charge >= 0.3 is 0 Å². The van der Waals surface area contributed by atoms with Gasteiger partial charge in [0.05, 0.1) is 17.1 Å². The maximum absolute atomic E-state index is 9.47. The molecular weight excluding hydrogens is 346 g/mol. The molecular formula is C15H18BrN5O. The van der Waals surface area contributed by atoms with Gasteiger partial charge in [-0.05, 0) is 28.3 Å². The molecule has 2 aromatic rings. The third-order valence-electron chi connectivity index (χ3n) is 4.70. The summed E-state index contributed by atoms with van der Waals surface area (Å²) in [6, 6.07) is 2.19. The predicted octanol–water partition coefficient (Wildman–Crippen LogP) is 3.23. The first-order chi connectivity index (χ1) is 10.5. The Morgan fingerprint density at radius 2 is 2.14 bits per heavy atom. The number of aromatic nitrogens is 3. The Labute approximate surface area is 137 Å².